The Balaban J connectivity index is 1.18. The van der Waals surface area contributed by atoms with Gasteiger partial charge in [0.1, 0.15) is 29.9 Å². The number of para-hydroxylation sites is 2. The van der Waals surface area contributed by atoms with E-state index < -0.39 is 106 Å². The number of nitrogens with one attached hydrogen (secondary N) is 4. The Hall–Kier alpha value is -10.8. The number of hydrogen-bond donors (Lipinski definition) is 14. The second-order valence-electron chi connectivity index (χ2n) is 32.0. The van der Waals surface area contributed by atoms with Crippen molar-refractivity contribution < 1.29 is 80.8 Å². The van der Waals surface area contributed by atoms with Gasteiger partial charge in [-0.1, -0.05) is 107 Å². The number of nitrogens with two attached hydrogens (primary N) is 6. The molecule has 3 aromatic rings. The number of carboxylic acid groups (broad SMARTS) is 3. The molecule has 0 saturated heterocycles. The molecule has 0 radical (unpaired) electrons. The zero-order chi connectivity index (χ0) is 87.2. The quantitative estimate of drug-likeness (QED) is 0.00821. The third kappa shape index (κ3) is 32.8. The maximum atomic E-state index is 14.8. The lowest BCUT2D eigenvalue weighted by atomic mass is 9.81. The minimum Gasteiger partial charge on any atom is -0.481 e. The molecule has 652 valence electrons. The van der Waals surface area contributed by atoms with Gasteiger partial charge in [0.25, 0.3) is 10.1 Å². The number of fused-ring (bicyclic) bond motifs is 2. The van der Waals surface area contributed by atoms with Crippen LogP contribution in [-0.2, 0) is 65.7 Å². The van der Waals surface area contributed by atoms with E-state index in [-0.39, 0.29) is 151 Å². The van der Waals surface area contributed by atoms with E-state index in [1.54, 1.807) is 24.3 Å². The molecule has 4 amide bonds. The fraction of sp³-hybridized carbons (Fsp3) is 0.552. The van der Waals surface area contributed by atoms with Crippen molar-refractivity contribution in [3.8, 4) is 5.75 Å². The number of allylic oxidation sites excluding steroid dienone is 7. The van der Waals surface area contributed by atoms with Gasteiger partial charge in [0.05, 0.1) is 29.2 Å². The van der Waals surface area contributed by atoms with Crippen LogP contribution < -0.4 is 65.3 Å². The number of guanidine groups is 3. The number of urea groups is 1. The van der Waals surface area contributed by atoms with Gasteiger partial charge in [-0.05, 0) is 176 Å². The van der Waals surface area contributed by atoms with Crippen molar-refractivity contribution in [1.29, 1.82) is 0 Å². The molecular formula is C87H128N15O16S+. The number of ketones is 3. The van der Waals surface area contributed by atoms with E-state index in [1.807, 2.05) is 12.1 Å². The molecule has 0 aromatic heterocycles. The average Bonchev–Trinajstić information content (AvgIpc) is 1.60. The van der Waals surface area contributed by atoms with Gasteiger partial charge >= 0.3 is 23.9 Å². The monoisotopic (exact) mass is 1670 g/mol. The molecule has 20 N–H and O–H groups in total. The Kier molecular flexibility index (Phi) is 39.9. The van der Waals surface area contributed by atoms with Crippen LogP contribution in [-0.4, -0.2) is 173 Å². The van der Waals surface area contributed by atoms with Gasteiger partial charge < -0.3 is 80.6 Å². The van der Waals surface area contributed by atoms with E-state index in [4.69, 9.17) is 44.2 Å². The number of hydrogen-bond acceptors (Lipinski definition) is 16. The molecule has 3 aromatic carbocycles. The van der Waals surface area contributed by atoms with Crippen molar-refractivity contribution in [2.24, 2.45) is 61.2 Å². The van der Waals surface area contributed by atoms with Crippen molar-refractivity contribution in [2.75, 3.05) is 49.9 Å². The summed E-state index contributed by atoms with van der Waals surface area (Å²) in [6.07, 6.45) is 18.6. The van der Waals surface area contributed by atoms with Crippen LogP contribution in [0.3, 0.4) is 0 Å². The van der Waals surface area contributed by atoms with E-state index in [0.29, 0.717) is 68.6 Å². The van der Waals surface area contributed by atoms with E-state index >= 15 is 0 Å². The molecule has 5 atom stereocenters. The summed E-state index contributed by atoms with van der Waals surface area (Å²) in [6, 6.07) is 19.4. The lowest BCUT2D eigenvalue weighted by Gasteiger charge is -2.27. The highest BCUT2D eigenvalue weighted by molar-refractivity contribution is 7.85. The van der Waals surface area contributed by atoms with Gasteiger partial charge in [-0.25, -0.2) is 9.59 Å². The lowest BCUT2D eigenvalue weighted by molar-refractivity contribution is -0.438. The predicted molar refractivity (Wildman–Crippen MR) is 462 cm³/mol. The zero-order valence-corrected chi connectivity index (χ0v) is 70.7. The number of carbonyl (C=O) groups is 9. The van der Waals surface area contributed by atoms with Gasteiger partial charge in [-0.15, -0.1) is 0 Å². The van der Waals surface area contributed by atoms with Crippen LogP contribution in [0.1, 0.15) is 231 Å². The first kappa shape index (κ1) is 97.1. The van der Waals surface area contributed by atoms with Crippen LogP contribution in [0.25, 0.3) is 0 Å². The standard InChI is InChI=1S/C87H127N15O16S/c1-6-7-18-52-101-70-34-16-14-30-65(70)86(2,3)74(101)46-40-59-26-21-27-60(41-47-75-87(4,5)66-31-15-17-35-71(66)102(75)53-19-20-54-119(115,116)117)78(59)118-64-43-38-58(39-44-64)55-62(80(110)111)57-73(105)68(33-24-50-96-84(92)93)99-79(109)61(28-22-48-94-82(88)89)56-72(104)67(32-23-49-95-83(90)91)98-76(106)36-13-11-9-8-10-12-29-63(103)42-45-69(81(112)113)100-85(114)97-51-25-37-77(107)108/h14-17,30-31,34-35,38-41,43-44,46-47,61-62,67-69H,6-13,18-29,32-33,36-37,42,45,48-57H2,1-5H3,(H19-,88,89,90,91,92,93,94,95,96,97,98,99,100,106,107,108,109,110,111,112,113,114,115,116,117)/p+1/t61-,62-,67+,68+,69+/m1/s1. The van der Waals surface area contributed by atoms with Gasteiger partial charge in [0.2, 0.25) is 17.5 Å². The highest BCUT2D eigenvalue weighted by atomic mass is 32.2. The number of benzene rings is 3. The van der Waals surface area contributed by atoms with Crippen LogP contribution in [0, 0.1) is 11.8 Å². The topological polar surface area (TPSA) is 525 Å². The van der Waals surface area contributed by atoms with Crippen LogP contribution >= 0.6 is 0 Å². The summed E-state index contributed by atoms with van der Waals surface area (Å²) in [6.45, 7) is 12.7. The van der Waals surface area contributed by atoms with E-state index in [0.717, 1.165) is 73.2 Å². The first-order valence-corrected chi connectivity index (χ1v) is 43.4. The smallest absolute Gasteiger partial charge is 0.326 e. The fourth-order valence-electron chi connectivity index (χ4n) is 15.4. The number of carboxylic acids is 3. The number of carbonyl (C=O) groups excluding carboxylic acids is 6. The van der Waals surface area contributed by atoms with Crippen LogP contribution in [0.5, 0.6) is 5.75 Å². The van der Waals surface area contributed by atoms with Crippen LogP contribution in [0.4, 0.5) is 16.2 Å². The summed E-state index contributed by atoms with van der Waals surface area (Å²) in [5.41, 5.74) is 42.4. The number of nitrogens with zero attached hydrogens (tertiary/aromatic N) is 5. The Labute approximate surface area is 699 Å². The Morgan fingerprint density at radius 3 is 1.80 bits per heavy atom. The molecule has 1 aliphatic carbocycles. The number of anilines is 1. The minimum atomic E-state index is -4.14. The molecular weight excluding hydrogens is 1540 g/mol. The third-order valence-electron chi connectivity index (χ3n) is 21.8. The summed E-state index contributed by atoms with van der Waals surface area (Å²) in [5.74, 6) is -8.06. The Morgan fingerprint density at radius 1 is 0.588 bits per heavy atom. The molecule has 0 fully saturated rings. The number of aliphatic imine (C=N–C) groups is 3. The van der Waals surface area contributed by atoms with Crippen molar-refractivity contribution >= 4 is 98.2 Å². The number of ether oxygens (including phenoxy) is 1. The molecule has 2 aliphatic heterocycles. The number of amides is 4. The highest BCUT2D eigenvalue weighted by Crippen LogP contribution is 2.48. The third-order valence-corrected chi connectivity index (χ3v) is 22.6. The number of aliphatic carboxylic acids is 3. The zero-order valence-electron chi connectivity index (χ0n) is 69.9. The lowest BCUT2D eigenvalue weighted by Crippen LogP contribution is -2.47. The van der Waals surface area contributed by atoms with Crippen molar-refractivity contribution in [2.45, 2.75) is 250 Å². The summed E-state index contributed by atoms with van der Waals surface area (Å²) >= 11 is 0. The molecule has 32 heteroatoms. The summed E-state index contributed by atoms with van der Waals surface area (Å²) in [5, 5.41) is 39.7. The number of Topliss-reactive ketones (excluding diaryl/α,β-unsaturated/α-hetero) is 3. The largest absolute Gasteiger partial charge is 0.481 e. The first-order valence-electron chi connectivity index (χ1n) is 41.8. The number of unbranched alkanes of at least 4 members (excludes halogenated alkanes) is 8. The molecule has 6 rings (SSSR count). The predicted octanol–water partition coefficient (Wildman–Crippen LogP) is 9.60. The van der Waals surface area contributed by atoms with Gasteiger partial charge in [-0.3, -0.25) is 53.1 Å². The molecule has 3 aliphatic rings. The maximum absolute atomic E-state index is 14.8. The van der Waals surface area contributed by atoms with Gasteiger partial charge in [-0.2, -0.15) is 13.0 Å². The normalized spacial score (nSPS) is 16.0. The molecule has 31 nitrogen and oxygen atoms in total. The Morgan fingerprint density at radius 2 is 1.18 bits per heavy atom. The molecule has 0 saturated carbocycles. The molecule has 0 unspecified atom stereocenters. The van der Waals surface area contributed by atoms with Crippen molar-refractivity contribution in [3.05, 3.63) is 136 Å². The maximum Gasteiger partial charge on any atom is 0.326 e. The highest BCUT2D eigenvalue weighted by Gasteiger charge is 2.45. The van der Waals surface area contributed by atoms with Crippen molar-refractivity contribution in [3.63, 3.8) is 0 Å². The van der Waals surface area contributed by atoms with E-state index in [9.17, 15) is 66.3 Å². The summed E-state index contributed by atoms with van der Waals surface area (Å²) in [4.78, 5) is 133. The van der Waals surface area contributed by atoms with Crippen LogP contribution in [0.2, 0.25) is 0 Å². The van der Waals surface area contributed by atoms with Crippen molar-refractivity contribution in [1.82, 2.24) is 21.3 Å². The second kappa shape index (κ2) is 49.0. The minimum absolute atomic E-state index is 0.0100. The molecule has 2 heterocycles. The van der Waals surface area contributed by atoms with Gasteiger partial charge in [0, 0.05) is 118 Å². The first-order chi connectivity index (χ1) is 56.6. The second-order valence-corrected chi connectivity index (χ2v) is 33.6. The SMILES string of the molecule is CCCCC[N+]1=C(C=CC2=C(Oc3ccc(C[C@H](CC(=O)[C@H](CCCN=C(N)N)NC(=O)[C@H](CCCN=C(N)N)CC(=O)[C@H](CCCN=C(N)N)NC(=O)CCCCCCCCC(=O)CC[C@H](NC(=O)NCCCC(=O)O)C(=O)O)C(=O)O)cc3)C(=CC=C3N(CCCCS(=O)(=O)O)c4ccccc4C3(C)C)CCC2)C(C)(C)c2ccccc21. The number of rotatable bonds is 56. The molecule has 119 heavy (non-hydrogen) atoms. The van der Waals surface area contributed by atoms with E-state index in [2.05, 4.69) is 141 Å². The Bertz CT molecular complexity index is 4340. The molecule has 0 bridgehead atoms. The van der Waals surface area contributed by atoms with E-state index in [1.165, 1.54) is 17.0 Å². The van der Waals surface area contributed by atoms with Crippen LogP contribution in [0.15, 0.2) is 135 Å². The van der Waals surface area contributed by atoms with Gasteiger partial charge in [0.15, 0.2) is 35.2 Å². The average molecular weight is 1670 g/mol. The summed E-state index contributed by atoms with van der Waals surface area (Å²) < 4.78 is 42.6. The molecule has 0 spiro atoms. The fourth-order valence-corrected chi connectivity index (χ4v) is 15.9. The summed E-state index contributed by atoms with van der Waals surface area (Å²) in [7, 11) is -4.14.